The van der Waals surface area contributed by atoms with Gasteiger partial charge < -0.3 is 24.6 Å². The number of aromatic nitrogens is 4. The maximum Gasteiger partial charge on any atom is 0.281 e. The van der Waals surface area contributed by atoms with Crippen molar-refractivity contribution in [2.45, 2.75) is 6.42 Å². The van der Waals surface area contributed by atoms with Crippen LogP contribution in [0.25, 0.3) is 16.9 Å². The minimum Gasteiger partial charge on any atom is -0.497 e. The molecule has 0 spiro atoms. The summed E-state index contributed by atoms with van der Waals surface area (Å²) >= 11 is 0. The minimum atomic E-state index is -0.238. The molecule has 1 aliphatic heterocycles. The standard InChI is InChI=1S/C21H29N7O3.2ClH/c1-26-7-9-27(10-8-26)6-4-5-22-20-24-21-23-14-18(19(29)28(21)25-20)15-11-16(30-2)13-17(12-15)31-3;;/h11-14H,4-10H2,1-3H3,(H2,22,23,24,25);2*1H. The predicted molar refractivity (Wildman–Crippen MR) is 134 cm³/mol. The number of fused-ring (bicyclic) bond motifs is 1. The second-order valence-corrected chi connectivity index (χ2v) is 7.71. The zero-order valence-electron chi connectivity index (χ0n) is 19.0. The molecule has 0 bridgehead atoms. The quantitative estimate of drug-likeness (QED) is 0.453. The van der Waals surface area contributed by atoms with E-state index in [0.717, 1.165) is 45.7 Å². The van der Waals surface area contributed by atoms with Gasteiger partial charge >= 0.3 is 0 Å². The summed E-state index contributed by atoms with van der Waals surface area (Å²) in [4.78, 5) is 26.6. The Kier molecular flexibility index (Phi) is 9.78. The van der Waals surface area contributed by atoms with E-state index in [1.54, 1.807) is 32.4 Å². The summed E-state index contributed by atoms with van der Waals surface area (Å²) in [5.41, 5.74) is 0.859. The van der Waals surface area contributed by atoms with Crippen LogP contribution in [0.5, 0.6) is 11.5 Å². The number of aromatic amines is 1. The third-order valence-corrected chi connectivity index (χ3v) is 5.57. The molecule has 1 aliphatic rings. The molecular formula is C21H31Cl2N7O3. The number of hydrogen-bond donors (Lipinski definition) is 2. The first-order valence-corrected chi connectivity index (χ1v) is 10.4. The van der Waals surface area contributed by atoms with Gasteiger partial charge in [0.25, 0.3) is 11.3 Å². The number of halogens is 2. The van der Waals surface area contributed by atoms with E-state index < -0.39 is 0 Å². The molecule has 1 saturated heterocycles. The molecule has 2 N–H and O–H groups in total. The molecular weight excluding hydrogens is 469 g/mol. The van der Waals surface area contributed by atoms with Gasteiger partial charge in [-0.05, 0) is 37.7 Å². The van der Waals surface area contributed by atoms with E-state index in [-0.39, 0.29) is 30.4 Å². The highest BCUT2D eigenvalue weighted by atomic mass is 35.5. The number of hydrogen-bond acceptors (Lipinski definition) is 8. The summed E-state index contributed by atoms with van der Waals surface area (Å²) in [6.07, 6.45) is 2.53. The van der Waals surface area contributed by atoms with Crippen LogP contribution in [0.2, 0.25) is 0 Å². The number of anilines is 1. The molecule has 12 heteroatoms. The Hall–Kier alpha value is -2.53. The second kappa shape index (κ2) is 12.1. The van der Waals surface area contributed by atoms with Crippen LogP contribution in [-0.4, -0.2) is 89.9 Å². The van der Waals surface area contributed by atoms with E-state index in [9.17, 15) is 4.79 Å². The molecule has 0 saturated carbocycles. The van der Waals surface area contributed by atoms with Crippen LogP contribution < -0.4 is 20.3 Å². The smallest absolute Gasteiger partial charge is 0.281 e. The van der Waals surface area contributed by atoms with Gasteiger partial charge in [-0.3, -0.25) is 9.89 Å². The van der Waals surface area contributed by atoms with Crippen LogP contribution in [0.3, 0.4) is 0 Å². The Morgan fingerprint density at radius 1 is 1.06 bits per heavy atom. The van der Waals surface area contributed by atoms with Gasteiger partial charge in [-0.1, -0.05) is 0 Å². The van der Waals surface area contributed by atoms with E-state index >= 15 is 0 Å². The van der Waals surface area contributed by atoms with Crippen LogP contribution in [0.15, 0.2) is 29.2 Å². The van der Waals surface area contributed by atoms with E-state index in [2.05, 4.69) is 37.2 Å². The van der Waals surface area contributed by atoms with E-state index in [1.165, 1.54) is 10.7 Å². The van der Waals surface area contributed by atoms with Crippen LogP contribution in [0, 0.1) is 0 Å². The van der Waals surface area contributed by atoms with Gasteiger partial charge in [0, 0.05) is 45.0 Å². The highest BCUT2D eigenvalue weighted by molar-refractivity contribution is 5.85. The van der Waals surface area contributed by atoms with Crippen LogP contribution in [-0.2, 0) is 0 Å². The van der Waals surface area contributed by atoms with Crippen molar-refractivity contribution in [2.24, 2.45) is 0 Å². The maximum atomic E-state index is 13.0. The number of benzene rings is 1. The lowest BCUT2D eigenvalue weighted by Crippen LogP contribution is -2.44. The van der Waals surface area contributed by atoms with Gasteiger partial charge in [-0.15, -0.1) is 24.8 Å². The van der Waals surface area contributed by atoms with Crippen molar-refractivity contribution in [2.75, 3.05) is 65.9 Å². The molecule has 0 atom stereocenters. The zero-order chi connectivity index (χ0) is 21.8. The molecule has 0 unspecified atom stereocenters. The molecule has 2 aromatic heterocycles. The van der Waals surface area contributed by atoms with Crippen LogP contribution in [0.4, 0.5) is 5.95 Å². The summed E-state index contributed by atoms with van der Waals surface area (Å²) in [7, 11) is 5.31. The first kappa shape index (κ1) is 26.7. The molecule has 3 heterocycles. The first-order chi connectivity index (χ1) is 15.1. The fraction of sp³-hybridized carbons (Fsp3) is 0.476. The molecule has 33 heavy (non-hydrogen) atoms. The third kappa shape index (κ3) is 6.29. The molecule has 0 aliphatic carbocycles. The van der Waals surface area contributed by atoms with Crippen molar-refractivity contribution < 1.29 is 9.47 Å². The van der Waals surface area contributed by atoms with Gasteiger partial charge in [0.15, 0.2) is 0 Å². The number of nitrogens with one attached hydrogen (secondary N) is 2. The summed E-state index contributed by atoms with van der Waals surface area (Å²) in [5.74, 6) is 2.06. The van der Waals surface area contributed by atoms with Crippen LogP contribution in [0.1, 0.15) is 6.42 Å². The van der Waals surface area contributed by atoms with Gasteiger partial charge in [-0.2, -0.15) is 9.50 Å². The van der Waals surface area contributed by atoms with Crippen LogP contribution >= 0.6 is 24.8 Å². The molecule has 182 valence electrons. The van der Waals surface area contributed by atoms with Crippen molar-refractivity contribution in [1.29, 1.82) is 0 Å². The largest absolute Gasteiger partial charge is 0.497 e. The van der Waals surface area contributed by atoms with Gasteiger partial charge in [0.05, 0.1) is 19.8 Å². The highest BCUT2D eigenvalue weighted by Crippen LogP contribution is 2.27. The van der Waals surface area contributed by atoms with Gasteiger partial charge in [0.1, 0.15) is 11.5 Å². The molecule has 10 nitrogen and oxygen atoms in total. The summed E-state index contributed by atoms with van der Waals surface area (Å²) < 4.78 is 12.0. The highest BCUT2D eigenvalue weighted by Gasteiger charge is 2.14. The van der Waals surface area contributed by atoms with Crippen molar-refractivity contribution in [3.8, 4) is 22.6 Å². The van der Waals surface area contributed by atoms with Gasteiger partial charge in [0.2, 0.25) is 5.95 Å². The summed E-state index contributed by atoms with van der Waals surface area (Å²) in [5, 5.41) is 6.27. The second-order valence-electron chi connectivity index (χ2n) is 7.71. The number of ether oxygens (including phenoxy) is 2. The van der Waals surface area contributed by atoms with Gasteiger partial charge in [-0.25, -0.2) is 4.98 Å². The SMILES string of the molecule is COc1cc(OC)cc(-c2cnc3nc(NCCCN4CCN(C)CC4)[nH]n3c2=O)c1.Cl.Cl. The topological polar surface area (TPSA) is 100 Å². The molecule has 4 rings (SSSR count). The number of H-pyrrole nitrogens is 1. The fourth-order valence-electron chi connectivity index (χ4n) is 3.68. The minimum absolute atomic E-state index is 0. The van der Waals surface area contributed by atoms with E-state index in [1.807, 2.05) is 0 Å². The Bertz CT molecular complexity index is 1070. The summed E-state index contributed by atoms with van der Waals surface area (Å²) in [6, 6.07) is 5.32. The summed E-state index contributed by atoms with van der Waals surface area (Å²) in [6.45, 7) is 6.26. The lowest BCUT2D eigenvalue weighted by atomic mass is 10.1. The van der Waals surface area contributed by atoms with E-state index in [0.29, 0.717) is 34.4 Å². The Morgan fingerprint density at radius 3 is 2.36 bits per heavy atom. The average Bonchev–Trinajstić information content (AvgIpc) is 3.22. The maximum absolute atomic E-state index is 13.0. The third-order valence-electron chi connectivity index (χ3n) is 5.57. The average molecular weight is 500 g/mol. The number of piperazine rings is 1. The molecule has 3 aromatic rings. The van der Waals surface area contributed by atoms with Crippen molar-refractivity contribution in [3.05, 3.63) is 34.7 Å². The Morgan fingerprint density at radius 2 is 1.73 bits per heavy atom. The zero-order valence-corrected chi connectivity index (χ0v) is 20.7. The molecule has 1 aromatic carbocycles. The first-order valence-electron chi connectivity index (χ1n) is 10.4. The number of likely N-dealkylation sites (N-methyl/N-ethyl adjacent to an activating group) is 1. The van der Waals surface area contributed by atoms with E-state index in [4.69, 9.17) is 9.47 Å². The fourth-order valence-corrected chi connectivity index (χ4v) is 3.68. The van der Waals surface area contributed by atoms with Crippen molar-refractivity contribution in [3.63, 3.8) is 0 Å². The van der Waals surface area contributed by atoms with Crippen molar-refractivity contribution >= 4 is 36.5 Å². The Labute approximate surface area is 205 Å². The Balaban J connectivity index is 0.00000193. The lowest BCUT2D eigenvalue weighted by molar-refractivity contribution is 0.154. The number of nitrogens with zero attached hydrogens (tertiary/aromatic N) is 5. The number of rotatable bonds is 8. The predicted octanol–water partition coefficient (Wildman–Crippen LogP) is 1.99. The van der Waals surface area contributed by atoms with Crippen molar-refractivity contribution in [1.82, 2.24) is 29.4 Å². The lowest BCUT2D eigenvalue weighted by Gasteiger charge is -2.32. The normalized spacial score (nSPS) is 14.4. The molecule has 1 fully saturated rings. The molecule has 0 amide bonds. The molecule has 0 radical (unpaired) electrons. The number of methoxy groups -OCH3 is 2. The monoisotopic (exact) mass is 499 g/mol.